The van der Waals surface area contributed by atoms with Crippen LogP contribution in [0.4, 0.5) is 5.69 Å². The largest absolute Gasteiger partial charge is 0.492 e. The third kappa shape index (κ3) is 7.17. The van der Waals surface area contributed by atoms with Crippen molar-refractivity contribution in [2.24, 2.45) is 0 Å². The van der Waals surface area contributed by atoms with E-state index in [0.29, 0.717) is 12.5 Å². The Hall–Kier alpha value is -2.04. The van der Waals surface area contributed by atoms with Crippen LogP contribution in [-0.4, -0.2) is 30.5 Å². The van der Waals surface area contributed by atoms with Gasteiger partial charge in [0.05, 0.1) is 0 Å². The van der Waals surface area contributed by atoms with E-state index < -0.39 is 0 Å². The molecule has 154 valence electrons. The van der Waals surface area contributed by atoms with Crippen LogP contribution in [0.2, 0.25) is 0 Å². The first-order valence-corrected chi connectivity index (χ1v) is 9.72. The lowest BCUT2D eigenvalue weighted by Gasteiger charge is -2.22. The highest BCUT2D eigenvalue weighted by Crippen LogP contribution is 2.32. The predicted molar refractivity (Wildman–Crippen MR) is 120 cm³/mol. The van der Waals surface area contributed by atoms with Crippen molar-refractivity contribution in [1.29, 1.82) is 0 Å². The Kier molecular flexibility index (Phi) is 10.0. The molecule has 0 aromatic heterocycles. The predicted octanol–water partition coefficient (Wildman–Crippen LogP) is 5.40. The van der Waals surface area contributed by atoms with Crippen LogP contribution in [0.25, 0.3) is 0 Å². The van der Waals surface area contributed by atoms with Gasteiger partial charge in [0.1, 0.15) is 12.4 Å². The van der Waals surface area contributed by atoms with Crippen LogP contribution in [0.15, 0.2) is 42.5 Å². The molecule has 0 spiro atoms. The van der Waals surface area contributed by atoms with Crippen molar-refractivity contribution in [3.8, 4) is 5.75 Å². The quantitative estimate of drug-likeness (QED) is 0.608. The Morgan fingerprint density at radius 3 is 2.43 bits per heavy atom. The van der Waals surface area contributed by atoms with Gasteiger partial charge in [0.25, 0.3) is 0 Å². The van der Waals surface area contributed by atoms with Gasteiger partial charge in [0, 0.05) is 25.7 Å². The van der Waals surface area contributed by atoms with Gasteiger partial charge >= 0.3 is 0 Å². The zero-order valence-electron chi connectivity index (χ0n) is 17.6. The number of amides is 1. The van der Waals surface area contributed by atoms with Gasteiger partial charge in [-0.1, -0.05) is 51.1 Å². The number of anilines is 1. The summed E-state index contributed by atoms with van der Waals surface area (Å²) in [6.45, 7) is 13.4. The molecular formula is C23H33ClN2O2. The molecule has 2 rings (SSSR count). The minimum atomic E-state index is -0.0547. The molecule has 0 saturated heterocycles. The van der Waals surface area contributed by atoms with E-state index in [2.05, 4.69) is 55.3 Å². The zero-order valence-corrected chi connectivity index (χ0v) is 18.4. The van der Waals surface area contributed by atoms with Gasteiger partial charge in [-0.2, -0.15) is 0 Å². The van der Waals surface area contributed by atoms with E-state index in [9.17, 15) is 4.79 Å². The second-order valence-corrected chi connectivity index (χ2v) is 7.24. The number of hydrogen-bond donors (Lipinski definition) is 1. The Labute approximate surface area is 175 Å². The number of benzene rings is 2. The molecule has 28 heavy (non-hydrogen) atoms. The minimum Gasteiger partial charge on any atom is -0.492 e. The summed E-state index contributed by atoms with van der Waals surface area (Å²) in [4.78, 5) is 13.8. The molecule has 0 heterocycles. The second-order valence-electron chi connectivity index (χ2n) is 7.24. The number of likely N-dealkylation sites (N-methyl/N-ethyl adjacent to an activating group) is 1. The average Bonchev–Trinajstić information content (AvgIpc) is 2.63. The summed E-state index contributed by atoms with van der Waals surface area (Å²) < 4.78 is 6.15. The molecule has 0 fully saturated rings. The molecule has 0 aliphatic rings. The van der Waals surface area contributed by atoms with Crippen molar-refractivity contribution in [3.63, 3.8) is 0 Å². The van der Waals surface area contributed by atoms with Crippen LogP contribution >= 0.6 is 12.4 Å². The van der Waals surface area contributed by atoms with Crippen LogP contribution in [0.3, 0.4) is 0 Å². The van der Waals surface area contributed by atoms with E-state index in [0.717, 1.165) is 42.2 Å². The normalized spacial score (nSPS) is 10.7. The van der Waals surface area contributed by atoms with Gasteiger partial charge in [-0.25, -0.2) is 0 Å². The topological polar surface area (TPSA) is 41.6 Å². The SMILES string of the molecule is CCN(CCOc1cc(C)c(NC(C)=O)cc1C(C)C)Cc1ccccc1.Cl. The molecule has 1 N–H and O–H groups in total. The number of carbonyl (C=O) groups excluding carboxylic acids is 1. The number of carbonyl (C=O) groups is 1. The van der Waals surface area contributed by atoms with Crippen LogP contribution < -0.4 is 10.1 Å². The number of aryl methyl sites for hydroxylation is 1. The van der Waals surface area contributed by atoms with Gasteiger partial charge < -0.3 is 10.1 Å². The van der Waals surface area contributed by atoms with E-state index in [4.69, 9.17) is 4.74 Å². The van der Waals surface area contributed by atoms with Gasteiger partial charge in [0.2, 0.25) is 5.91 Å². The van der Waals surface area contributed by atoms with Gasteiger partial charge in [-0.3, -0.25) is 9.69 Å². The average molecular weight is 405 g/mol. The van der Waals surface area contributed by atoms with E-state index in [-0.39, 0.29) is 18.3 Å². The molecule has 2 aromatic rings. The summed E-state index contributed by atoms with van der Waals surface area (Å²) in [7, 11) is 0. The molecule has 0 aliphatic carbocycles. The third-order valence-corrected chi connectivity index (χ3v) is 4.65. The van der Waals surface area contributed by atoms with Crippen molar-refractivity contribution in [1.82, 2.24) is 4.90 Å². The lowest BCUT2D eigenvalue weighted by molar-refractivity contribution is -0.114. The molecule has 0 bridgehead atoms. The smallest absolute Gasteiger partial charge is 0.221 e. The van der Waals surface area contributed by atoms with Gasteiger partial charge in [-0.15, -0.1) is 12.4 Å². The Morgan fingerprint density at radius 2 is 1.86 bits per heavy atom. The number of ether oxygens (including phenoxy) is 1. The van der Waals surface area contributed by atoms with Gasteiger partial charge in [-0.05, 0) is 48.2 Å². The molecule has 5 heteroatoms. The number of rotatable bonds is 9. The molecule has 0 atom stereocenters. The number of hydrogen-bond acceptors (Lipinski definition) is 3. The van der Waals surface area contributed by atoms with Crippen molar-refractivity contribution < 1.29 is 9.53 Å². The molecule has 0 radical (unpaired) electrons. The second kappa shape index (κ2) is 11.7. The Balaban J connectivity index is 0.00000392. The first-order chi connectivity index (χ1) is 12.9. The first-order valence-electron chi connectivity index (χ1n) is 9.72. The fraction of sp³-hybridized carbons (Fsp3) is 0.435. The Morgan fingerprint density at radius 1 is 1.18 bits per heavy atom. The van der Waals surface area contributed by atoms with Crippen LogP contribution in [-0.2, 0) is 11.3 Å². The fourth-order valence-corrected chi connectivity index (χ4v) is 3.07. The maximum absolute atomic E-state index is 11.4. The molecule has 1 amide bonds. The summed E-state index contributed by atoms with van der Waals surface area (Å²) in [5.41, 5.74) is 4.31. The van der Waals surface area contributed by atoms with E-state index >= 15 is 0 Å². The summed E-state index contributed by atoms with van der Waals surface area (Å²) >= 11 is 0. The maximum atomic E-state index is 11.4. The maximum Gasteiger partial charge on any atom is 0.221 e. The highest BCUT2D eigenvalue weighted by molar-refractivity contribution is 5.89. The van der Waals surface area contributed by atoms with Crippen LogP contribution in [0.1, 0.15) is 50.3 Å². The molecular weight excluding hydrogens is 372 g/mol. The summed E-state index contributed by atoms with van der Waals surface area (Å²) in [5.74, 6) is 1.17. The fourth-order valence-electron chi connectivity index (χ4n) is 3.07. The first kappa shape index (κ1) is 24.0. The standard InChI is InChI=1S/C23H32N2O2.ClH/c1-6-25(16-20-10-8-7-9-11-20)12-13-27-23-14-18(4)22(24-19(5)26)15-21(23)17(2)3;/h7-11,14-15,17H,6,12-13,16H2,1-5H3,(H,24,26);1H. The molecule has 0 saturated carbocycles. The molecule has 0 unspecified atom stereocenters. The monoisotopic (exact) mass is 404 g/mol. The highest BCUT2D eigenvalue weighted by atomic mass is 35.5. The summed E-state index contributed by atoms with van der Waals surface area (Å²) in [6.07, 6.45) is 0. The number of nitrogens with zero attached hydrogens (tertiary/aromatic N) is 1. The van der Waals surface area contributed by atoms with Crippen molar-refractivity contribution in [2.45, 2.75) is 47.1 Å². The van der Waals surface area contributed by atoms with Crippen LogP contribution in [0, 0.1) is 6.92 Å². The van der Waals surface area contributed by atoms with Crippen molar-refractivity contribution >= 4 is 24.0 Å². The third-order valence-electron chi connectivity index (χ3n) is 4.65. The summed E-state index contributed by atoms with van der Waals surface area (Å²) in [6, 6.07) is 14.6. The van der Waals surface area contributed by atoms with Crippen molar-refractivity contribution in [2.75, 3.05) is 25.0 Å². The number of nitrogens with one attached hydrogen (secondary N) is 1. The number of halogens is 1. The lowest BCUT2D eigenvalue weighted by Crippen LogP contribution is -2.28. The van der Waals surface area contributed by atoms with Crippen LogP contribution in [0.5, 0.6) is 5.75 Å². The van der Waals surface area contributed by atoms with E-state index in [1.54, 1.807) is 0 Å². The molecule has 0 aliphatic heterocycles. The highest BCUT2D eigenvalue weighted by Gasteiger charge is 2.13. The molecule has 2 aromatic carbocycles. The zero-order chi connectivity index (χ0) is 19.8. The Bertz CT molecular complexity index is 748. The lowest BCUT2D eigenvalue weighted by atomic mass is 9.99. The minimum absolute atomic E-state index is 0. The van der Waals surface area contributed by atoms with E-state index in [1.807, 2.05) is 25.1 Å². The van der Waals surface area contributed by atoms with Crippen molar-refractivity contribution in [3.05, 3.63) is 59.2 Å². The van der Waals surface area contributed by atoms with E-state index in [1.165, 1.54) is 12.5 Å². The summed E-state index contributed by atoms with van der Waals surface area (Å²) in [5, 5.41) is 2.90. The molecule has 4 nitrogen and oxygen atoms in total. The van der Waals surface area contributed by atoms with Gasteiger partial charge in [0.15, 0.2) is 0 Å².